The number of aryl methyl sites for hydroxylation is 2. The molecule has 128 valence electrons. The van der Waals surface area contributed by atoms with Crippen LogP contribution in [0.2, 0.25) is 0 Å². The highest BCUT2D eigenvalue weighted by atomic mass is 16.5. The van der Waals surface area contributed by atoms with Crippen molar-refractivity contribution in [3.05, 3.63) is 65.2 Å². The fourth-order valence-electron chi connectivity index (χ4n) is 2.27. The van der Waals surface area contributed by atoms with Crippen molar-refractivity contribution in [1.82, 2.24) is 0 Å². The molecule has 4 nitrogen and oxygen atoms in total. The molecule has 0 fully saturated rings. The fraction of sp³-hybridized carbons (Fsp3) is 0.350. The summed E-state index contributed by atoms with van der Waals surface area (Å²) in [5.41, 5.74) is 10.6. The van der Waals surface area contributed by atoms with Gasteiger partial charge in [0.1, 0.15) is 0 Å². The van der Waals surface area contributed by atoms with Crippen molar-refractivity contribution in [3.63, 3.8) is 0 Å². The van der Waals surface area contributed by atoms with Gasteiger partial charge in [-0.15, -0.1) is 0 Å². The quantitative estimate of drug-likeness (QED) is 0.600. The van der Waals surface area contributed by atoms with E-state index in [1.807, 2.05) is 24.3 Å². The van der Waals surface area contributed by atoms with Crippen LogP contribution in [-0.4, -0.2) is 19.1 Å². The molecule has 2 rings (SSSR count). The summed E-state index contributed by atoms with van der Waals surface area (Å²) in [6.45, 7) is 8.21. The van der Waals surface area contributed by atoms with Crippen molar-refractivity contribution in [3.8, 4) is 0 Å². The Morgan fingerprint density at radius 3 is 2.58 bits per heavy atom. The Morgan fingerprint density at radius 1 is 1.12 bits per heavy atom. The number of nitrogens with one attached hydrogen (secondary N) is 1. The number of anilines is 1. The first-order valence-corrected chi connectivity index (χ1v) is 8.30. The van der Waals surface area contributed by atoms with E-state index in [1.54, 1.807) is 0 Å². The first-order valence-electron chi connectivity index (χ1n) is 8.30. The van der Waals surface area contributed by atoms with Crippen molar-refractivity contribution in [1.29, 1.82) is 0 Å². The largest absolute Gasteiger partial charge is 0.376 e. The zero-order valence-corrected chi connectivity index (χ0v) is 14.8. The molecule has 4 heteroatoms. The van der Waals surface area contributed by atoms with Gasteiger partial charge < -0.3 is 15.8 Å². The number of hydrogen-bond donors (Lipinski definition) is 2. The highest BCUT2D eigenvalue weighted by Crippen LogP contribution is 2.13. The van der Waals surface area contributed by atoms with Crippen LogP contribution in [0, 0.1) is 19.8 Å². The van der Waals surface area contributed by atoms with Gasteiger partial charge in [-0.1, -0.05) is 43.3 Å². The van der Waals surface area contributed by atoms with Gasteiger partial charge in [0.25, 0.3) is 0 Å². The lowest BCUT2D eigenvalue weighted by Gasteiger charge is -2.11. The topological polar surface area (TPSA) is 59.6 Å². The van der Waals surface area contributed by atoms with E-state index in [0.29, 0.717) is 31.6 Å². The SMILES string of the molecule is Cc1ccc(NC(N)=NCC(C)COCc2ccccc2)cc1C. The summed E-state index contributed by atoms with van der Waals surface area (Å²) in [6.07, 6.45) is 0. The first-order chi connectivity index (χ1) is 11.5. The first kappa shape index (κ1) is 18.0. The van der Waals surface area contributed by atoms with Gasteiger partial charge in [-0.25, -0.2) is 0 Å². The molecule has 0 spiro atoms. The average Bonchev–Trinajstić information content (AvgIpc) is 2.57. The summed E-state index contributed by atoms with van der Waals surface area (Å²) in [6, 6.07) is 16.3. The number of nitrogens with two attached hydrogens (primary N) is 1. The molecule has 0 radical (unpaired) electrons. The van der Waals surface area contributed by atoms with E-state index in [-0.39, 0.29) is 0 Å². The van der Waals surface area contributed by atoms with Crippen LogP contribution in [0.4, 0.5) is 5.69 Å². The normalized spacial score (nSPS) is 12.9. The lowest BCUT2D eigenvalue weighted by atomic mass is 10.1. The molecule has 1 unspecified atom stereocenters. The van der Waals surface area contributed by atoms with Gasteiger partial charge in [0.2, 0.25) is 0 Å². The lowest BCUT2D eigenvalue weighted by molar-refractivity contribution is 0.0945. The van der Waals surface area contributed by atoms with Gasteiger partial charge in [0.15, 0.2) is 5.96 Å². The second kappa shape index (κ2) is 9.08. The standard InChI is InChI=1S/C20H27N3O/c1-15(13-24-14-18-7-5-4-6-8-18)12-22-20(21)23-19-10-9-16(2)17(3)11-19/h4-11,15H,12-14H2,1-3H3,(H3,21,22,23). The number of guanidine groups is 1. The van der Waals surface area contributed by atoms with Crippen LogP contribution in [0.25, 0.3) is 0 Å². The maximum Gasteiger partial charge on any atom is 0.193 e. The second-order valence-corrected chi connectivity index (χ2v) is 6.26. The third kappa shape index (κ3) is 6.05. The predicted octanol–water partition coefficient (Wildman–Crippen LogP) is 3.88. The van der Waals surface area contributed by atoms with E-state index in [4.69, 9.17) is 10.5 Å². The maximum absolute atomic E-state index is 5.96. The van der Waals surface area contributed by atoms with Gasteiger partial charge in [-0.3, -0.25) is 4.99 Å². The number of hydrogen-bond acceptors (Lipinski definition) is 2. The third-order valence-corrected chi connectivity index (χ3v) is 3.87. The molecular weight excluding hydrogens is 298 g/mol. The molecule has 0 aliphatic carbocycles. The van der Waals surface area contributed by atoms with Crippen LogP contribution >= 0.6 is 0 Å². The van der Waals surface area contributed by atoms with Crippen LogP contribution in [-0.2, 0) is 11.3 Å². The second-order valence-electron chi connectivity index (χ2n) is 6.26. The minimum atomic E-state index is 0.314. The van der Waals surface area contributed by atoms with E-state index in [1.165, 1.54) is 16.7 Å². The Morgan fingerprint density at radius 2 is 1.88 bits per heavy atom. The van der Waals surface area contributed by atoms with Crippen molar-refractivity contribution in [2.45, 2.75) is 27.4 Å². The van der Waals surface area contributed by atoms with E-state index in [0.717, 1.165) is 5.69 Å². The molecular formula is C20H27N3O. The highest BCUT2D eigenvalue weighted by molar-refractivity contribution is 5.92. The van der Waals surface area contributed by atoms with Crippen molar-refractivity contribution >= 4 is 11.6 Å². The minimum Gasteiger partial charge on any atom is -0.376 e. The van der Waals surface area contributed by atoms with Crippen LogP contribution in [0.1, 0.15) is 23.6 Å². The fourth-order valence-corrected chi connectivity index (χ4v) is 2.27. The molecule has 0 heterocycles. The Labute approximate surface area is 144 Å². The molecule has 0 bridgehead atoms. The molecule has 24 heavy (non-hydrogen) atoms. The van der Waals surface area contributed by atoms with E-state index in [2.05, 4.69) is 55.3 Å². The molecule has 0 saturated heterocycles. The molecule has 2 aromatic rings. The molecule has 0 saturated carbocycles. The lowest BCUT2D eigenvalue weighted by Crippen LogP contribution is -2.24. The molecule has 1 atom stereocenters. The minimum absolute atomic E-state index is 0.314. The van der Waals surface area contributed by atoms with E-state index < -0.39 is 0 Å². The summed E-state index contributed by atoms with van der Waals surface area (Å²) < 4.78 is 5.73. The zero-order chi connectivity index (χ0) is 17.4. The van der Waals surface area contributed by atoms with Crippen LogP contribution in [0.15, 0.2) is 53.5 Å². The van der Waals surface area contributed by atoms with Crippen LogP contribution in [0.5, 0.6) is 0 Å². The Balaban J connectivity index is 1.73. The van der Waals surface area contributed by atoms with E-state index >= 15 is 0 Å². The number of aliphatic imine (C=N–C) groups is 1. The van der Waals surface area contributed by atoms with Gasteiger partial charge in [0, 0.05) is 12.2 Å². The Kier molecular flexibility index (Phi) is 6.82. The monoisotopic (exact) mass is 325 g/mol. The molecule has 0 aliphatic heterocycles. The number of benzene rings is 2. The third-order valence-electron chi connectivity index (χ3n) is 3.87. The van der Waals surface area contributed by atoms with E-state index in [9.17, 15) is 0 Å². The number of ether oxygens (including phenoxy) is 1. The Hall–Kier alpha value is -2.33. The number of rotatable bonds is 7. The van der Waals surface area contributed by atoms with Crippen molar-refractivity contribution in [2.75, 3.05) is 18.5 Å². The molecule has 0 amide bonds. The number of nitrogens with zero attached hydrogens (tertiary/aromatic N) is 1. The van der Waals surface area contributed by atoms with Gasteiger partial charge in [0.05, 0.1) is 13.2 Å². The van der Waals surface area contributed by atoms with Gasteiger partial charge >= 0.3 is 0 Å². The van der Waals surface area contributed by atoms with Crippen LogP contribution in [0.3, 0.4) is 0 Å². The summed E-state index contributed by atoms with van der Waals surface area (Å²) >= 11 is 0. The molecule has 2 aromatic carbocycles. The predicted molar refractivity (Wildman–Crippen MR) is 101 cm³/mol. The van der Waals surface area contributed by atoms with Crippen LogP contribution < -0.4 is 11.1 Å². The highest BCUT2D eigenvalue weighted by Gasteiger charge is 2.03. The molecule has 3 N–H and O–H groups in total. The zero-order valence-electron chi connectivity index (χ0n) is 14.8. The molecule has 0 aromatic heterocycles. The molecule has 0 aliphatic rings. The smallest absolute Gasteiger partial charge is 0.193 e. The van der Waals surface area contributed by atoms with Gasteiger partial charge in [-0.2, -0.15) is 0 Å². The summed E-state index contributed by atoms with van der Waals surface area (Å²) in [4.78, 5) is 4.40. The summed E-state index contributed by atoms with van der Waals surface area (Å²) in [7, 11) is 0. The Bertz CT molecular complexity index is 668. The summed E-state index contributed by atoms with van der Waals surface area (Å²) in [5, 5.41) is 3.13. The maximum atomic E-state index is 5.96. The van der Waals surface area contributed by atoms with Crippen molar-refractivity contribution in [2.24, 2.45) is 16.6 Å². The summed E-state index contributed by atoms with van der Waals surface area (Å²) in [5.74, 6) is 0.752. The van der Waals surface area contributed by atoms with Crippen molar-refractivity contribution < 1.29 is 4.74 Å². The average molecular weight is 325 g/mol. The van der Waals surface area contributed by atoms with Gasteiger partial charge in [-0.05, 0) is 48.6 Å².